The predicted octanol–water partition coefficient (Wildman–Crippen LogP) is 1.35. The summed E-state index contributed by atoms with van der Waals surface area (Å²) in [5.41, 5.74) is 5.02. The average Bonchev–Trinajstić information content (AvgIpc) is 3.04. The first-order valence-corrected chi connectivity index (χ1v) is 7.23. The molecule has 1 amide bonds. The third-order valence-corrected chi connectivity index (χ3v) is 4.68. The van der Waals surface area contributed by atoms with Gasteiger partial charge in [0.1, 0.15) is 5.54 Å². The fraction of sp³-hybridized carbons (Fsp3) is 0.786. The van der Waals surface area contributed by atoms with Crippen molar-refractivity contribution in [3.8, 4) is 0 Å². The minimum absolute atomic E-state index is 0.132. The second-order valence-corrected chi connectivity index (χ2v) is 7.02. The topological polar surface area (TPSA) is 85.3 Å². The molecule has 2 bridgehead atoms. The lowest BCUT2D eigenvalue weighted by atomic mass is 9.87. The third-order valence-electron chi connectivity index (χ3n) is 4.68. The van der Waals surface area contributed by atoms with Gasteiger partial charge >= 0.3 is 0 Å². The molecule has 0 atom stereocenters. The standard InChI is InChI=1S/C14H22N4O2/c1-13(2,3)12-16-10(20-17-12)8-18-9-4-6-14(18,7-5-9)11(15)19/h9H,4-8H2,1-3H3,(H2,15,19). The van der Waals surface area contributed by atoms with Crippen LogP contribution in [0.2, 0.25) is 0 Å². The van der Waals surface area contributed by atoms with E-state index >= 15 is 0 Å². The van der Waals surface area contributed by atoms with E-state index in [-0.39, 0.29) is 11.3 Å². The van der Waals surface area contributed by atoms with Gasteiger partial charge in [0, 0.05) is 11.5 Å². The molecular weight excluding hydrogens is 256 g/mol. The Labute approximate surface area is 118 Å². The quantitative estimate of drug-likeness (QED) is 0.902. The summed E-state index contributed by atoms with van der Waals surface area (Å²) in [6.45, 7) is 6.67. The van der Waals surface area contributed by atoms with E-state index < -0.39 is 5.54 Å². The molecule has 2 aliphatic heterocycles. The summed E-state index contributed by atoms with van der Waals surface area (Å²) < 4.78 is 5.35. The monoisotopic (exact) mass is 278 g/mol. The minimum Gasteiger partial charge on any atom is -0.368 e. The number of rotatable bonds is 3. The third kappa shape index (κ3) is 1.93. The van der Waals surface area contributed by atoms with Gasteiger partial charge in [-0.25, -0.2) is 0 Å². The number of carbonyl (C=O) groups excluding carboxylic acids is 1. The van der Waals surface area contributed by atoms with E-state index in [2.05, 4.69) is 15.0 Å². The first-order valence-electron chi connectivity index (χ1n) is 7.23. The van der Waals surface area contributed by atoms with E-state index in [1.807, 2.05) is 20.8 Å². The summed E-state index contributed by atoms with van der Waals surface area (Å²) in [5, 5.41) is 4.04. The van der Waals surface area contributed by atoms with Crippen LogP contribution in [0.3, 0.4) is 0 Å². The van der Waals surface area contributed by atoms with E-state index in [4.69, 9.17) is 10.3 Å². The largest absolute Gasteiger partial charge is 0.368 e. The molecule has 0 unspecified atom stereocenters. The van der Waals surface area contributed by atoms with E-state index in [0.717, 1.165) is 25.7 Å². The van der Waals surface area contributed by atoms with Gasteiger partial charge in [0.05, 0.1) is 6.54 Å². The fourth-order valence-electron chi connectivity index (χ4n) is 3.47. The molecule has 2 N–H and O–H groups in total. The number of primary amides is 1. The molecule has 0 spiro atoms. The Kier molecular flexibility index (Phi) is 2.90. The first kappa shape index (κ1) is 13.5. The Hall–Kier alpha value is -1.43. The van der Waals surface area contributed by atoms with Gasteiger partial charge in [0.2, 0.25) is 11.8 Å². The number of fused-ring (bicyclic) bond motifs is 2. The van der Waals surface area contributed by atoms with Crippen molar-refractivity contribution in [2.75, 3.05) is 0 Å². The van der Waals surface area contributed by atoms with E-state index in [1.165, 1.54) is 0 Å². The van der Waals surface area contributed by atoms with Gasteiger partial charge in [-0.2, -0.15) is 4.98 Å². The van der Waals surface area contributed by atoms with Crippen LogP contribution in [-0.4, -0.2) is 32.5 Å². The number of nitrogens with zero attached hydrogens (tertiary/aromatic N) is 3. The van der Waals surface area contributed by atoms with Crippen LogP contribution >= 0.6 is 0 Å². The maximum Gasteiger partial charge on any atom is 0.240 e. The first-order chi connectivity index (χ1) is 9.33. The number of amides is 1. The van der Waals surface area contributed by atoms with Crippen molar-refractivity contribution in [3.05, 3.63) is 11.7 Å². The van der Waals surface area contributed by atoms with Crippen LogP contribution in [-0.2, 0) is 16.8 Å². The minimum atomic E-state index is -0.485. The molecule has 0 aliphatic carbocycles. The highest BCUT2D eigenvalue weighted by atomic mass is 16.5. The van der Waals surface area contributed by atoms with Crippen LogP contribution in [0.25, 0.3) is 0 Å². The molecule has 110 valence electrons. The van der Waals surface area contributed by atoms with Crippen LogP contribution in [0.5, 0.6) is 0 Å². The zero-order valence-corrected chi connectivity index (χ0v) is 12.3. The highest BCUT2D eigenvalue weighted by Crippen LogP contribution is 2.46. The Morgan fingerprint density at radius 2 is 2.10 bits per heavy atom. The zero-order chi connectivity index (χ0) is 14.5. The van der Waals surface area contributed by atoms with Crippen LogP contribution < -0.4 is 5.73 Å². The van der Waals surface area contributed by atoms with Crippen LogP contribution in [0.1, 0.15) is 58.2 Å². The Bertz CT molecular complexity index is 524. The second kappa shape index (κ2) is 4.28. The molecular formula is C14H22N4O2. The van der Waals surface area contributed by atoms with Gasteiger partial charge in [-0.1, -0.05) is 25.9 Å². The summed E-state index contributed by atoms with van der Waals surface area (Å²) >= 11 is 0. The van der Waals surface area contributed by atoms with Crippen molar-refractivity contribution >= 4 is 5.91 Å². The van der Waals surface area contributed by atoms with Crippen LogP contribution in [0.4, 0.5) is 0 Å². The summed E-state index contributed by atoms with van der Waals surface area (Å²) in [6, 6.07) is 0.424. The summed E-state index contributed by atoms with van der Waals surface area (Å²) in [5.74, 6) is 1.06. The van der Waals surface area contributed by atoms with Crippen LogP contribution in [0.15, 0.2) is 4.52 Å². The Balaban J connectivity index is 1.81. The molecule has 2 aliphatic rings. The molecule has 3 heterocycles. The molecule has 2 fully saturated rings. The lowest BCUT2D eigenvalue weighted by Crippen LogP contribution is -2.51. The molecule has 6 heteroatoms. The SMILES string of the molecule is CC(C)(C)c1noc(CN2C3CCC2(C(N)=O)CC3)n1. The highest BCUT2D eigenvalue weighted by molar-refractivity contribution is 5.85. The van der Waals surface area contributed by atoms with E-state index in [0.29, 0.717) is 24.3 Å². The van der Waals surface area contributed by atoms with Gasteiger partial charge in [-0.3, -0.25) is 9.69 Å². The van der Waals surface area contributed by atoms with Crippen molar-refractivity contribution in [1.29, 1.82) is 0 Å². The molecule has 2 saturated heterocycles. The highest BCUT2D eigenvalue weighted by Gasteiger charge is 2.55. The lowest BCUT2D eigenvalue weighted by Gasteiger charge is -2.30. The van der Waals surface area contributed by atoms with E-state index in [9.17, 15) is 4.79 Å². The molecule has 1 aromatic heterocycles. The number of hydrogen-bond acceptors (Lipinski definition) is 5. The van der Waals surface area contributed by atoms with E-state index in [1.54, 1.807) is 0 Å². The smallest absolute Gasteiger partial charge is 0.240 e. The Morgan fingerprint density at radius 3 is 2.60 bits per heavy atom. The summed E-state index contributed by atoms with van der Waals surface area (Å²) in [4.78, 5) is 18.5. The van der Waals surface area contributed by atoms with Crippen molar-refractivity contribution < 1.29 is 9.32 Å². The molecule has 20 heavy (non-hydrogen) atoms. The predicted molar refractivity (Wildman–Crippen MR) is 72.7 cm³/mol. The zero-order valence-electron chi connectivity index (χ0n) is 12.3. The number of aromatic nitrogens is 2. The lowest BCUT2D eigenvalue weighted by molar-refractivity contribution is -0.128. The Morgan fingerprint density at radius 1 is 1.45 bits per heavy atom. The summed E-state index contributed by atoms with van der Waals surface area (Å²) in [7, 11) is 0. The molecule has 6 nitrogen and oxygen atoms in total. The van der Waals surface area contributed by atoms with Gasteiger partial charge in [0.15, 0.2) is 5.82 Å². The normalized spacial score (nSPS) is 30.1. The van der Waals surface area contributed by atoms with Gasteiger partial charge in [0.25, 0.3) is 0 Å². The number of hydrogen-bond donors (Lipinski definition) is 1. The van der Waals surface area contributed by atoms with Crippen molar-refractivity contribution in [2.45, 2.75) is 70.0 Å². The fourth-order valence-corrected chi connectivity index (χ4v) is 3.47. The molecule has 0 saturated carbocycles. The molecule has 0 aromatic carbocycles. The van der Waals surface area contributed by atoms with Crippen molar-refractivity contribution in [3.63, 3.8) is 0 Å². The average molecular weight is 278 g/mol. The maximum absolute atomic E-state index is 11.9. The number of carbonyl (C=O) groups is 1. The summed E-state index contributed by atoms with van der Waals surface area (Å²) in [6.07, 6.45) is 3.77. The molecule has 0 radical (unpaired) electrons. The van der Waals surface area contributed by atoms with Crippen LogP contribution in [0, 0.1) is 0 Å². The van der Waals surface area contributed by atoms with Crippen molar-refractivity contribution in [2.24, 2.45) is 5.73 Å². The molecule has 3 rings (SSSR count). The maximum atomic E-state index is 11.9. The number of nitrogens with two attached hydrogens (primary N) is 1. The second-order valence-electron chi connectivity index (χ2n) is 7.02. The molecule has 1 aromatic rings. The van der Waals surface area contributed by atoms with Gasteiger partial charge in [-0.15, -0.1) is 0 Å². The van der Waals surface area contributed by atoms with Gasteiger partial charge in [-0.05, 0) is 25.7 Å². The van der Waals surface area contributed by atoms with Crippen molar-refractivity contribution in [1.82, 2.24) is 15.0 Å². The van der Waals surface area contributed by atoms with Gasteiger partial charge < -0.3 is 10.3 Å².